The Labute approximate surface area is 181 Å². The Bertz CT molecular complexity index is 1220. The van der Waals surface area contributed by atoms with E-state index >= 15 is 4.39 Å². The average Bonchev–Trinajstić information content (AvgIpc) is 2.70. The topological polar surface area (TPSA) is 128 Å². The van der Waals surface area contributed by atoms with E-state index in [0.717, 1.165) is 13.0 Å². The van der Waals surface area contributed by atoms with Crippen LogP contribution in [0.3, 0.4) is 0 Å². The van der Waals surface area contributed by atoms with Crippen molar-refractivity contribution in [1.29, 1.82) is 0 Å². The summed E-state index contributed by atoms with van der Waals surface area (Å²) >= 11 is 5.92. The number of nitrogens with zero attached hydrogens (tertiary/aromatic N) is 1. The van der Waals surface area contributed by atoms with E-state index in [1.54, 1.807) is 6.07 Å². The highest BCUT2D eigenvalue weighted by Crippen LogP contribution is 2.43. The highest BCUT2D eigenvalue weighted by molar-refractivity contribution is 6.30. The van der Waals surface area contributed by atoms with Gasteiger partial charge in [-0.3, -0.25) is 19.0 Å². The second kappa shape index (κ2) is 7.98. The van der Waals surface area contributed by atoms with E-state index < -0.39 is 34.2 Å². The molecule has 1 unspecified atom stereocenters. The maximum atomic E-state index is 15.5. The lowest BCUT2D eigenvalue weighted by Gasteiger charge is -2.42. The first-order valence-corrected chi connectivity index (χ1v) is 9.47. The highest BCUT2D eigenvalue weighted by Gasteiger charge is 2.59. The molecule has 3 rings (SSSR count). The molecule has 160 valence electrons. The van der Waals surface area contributed by atoms with Crippen LogP contribution in [0.25, 0.3) is 5.69 Å². The Kier molecular flexibility index (Phi) is 5.71. The maximum Gasteiger partial charge on any atom is 0.255 e. The summed E-state index contributed by atoms with van der Waals surface area (Å²) in [6.07, 6.45) is 1.44. The third-order valence-electron chi connectivity index (χ3n) is 5.31. The zero-order valence-electron chi connectivity index (χ0n) is 16.4. The zero-order chi connectivity index (χ0) is 23.0. The van der Waals surface area contributed by atoms with Gasteiger partial charge in [0.1, 0.15) is 11.2 Å². The second-order valence-electron chi connectivity index (χ2n) is 7.13. The van der Waals surface area contributed by atoms with Crippen molar-refractivity contribution in [2.24, 2.45) is 11.5 Å². The molecule has 1 heterocycles. The van der Waals surface area contributed by atoms with Crippen LogP contribution < -0.4 is 17.0 Å². The lowest BCUT2D eigenvalue weighted by molar-refractivity contribution is -0.148. The number of hydrogen-bond donors (Lipinski definition) is 3. The van der Waals surface area contributed by atoms with E-state index in [4.69, 9.17) is 23.1 Å². The molecule has 7 nitrogen and oxygen atoms in total. The maximum absolute atomic E-state index is 15.5. The van der Waals surface area contributed by atoms with Gasteiger partial charge in [0, 0.05) is 22.8 Å². The Morgan fingerprint density at radius 2 is 1.68 bits per heavy atom. The zero-order valence-corrected chi connectivity index (χ0v) is 17.1. The molecular weight excluding hydrogens is 425 g/mol. The van der Waals surface area contributed by atoms with E-state index in [1.165, 1.54) is 59.3 Å². The number of halogens is 2. The molecule has 2 atom stereocenters. The number of aliphatic hydroxyl groups is 1. The fourth-order valence-corrected chi connectivity index (χ4v) is 3.82. The molecule has 5 N–H and O–H groups in total. The minimum Gasteiger partial charge on any atom is -0.378 e. The Morgan fingerprint density at radius 3 is 2.19 bits per heavy atom. The van der Waals surface area contributed by atoms with Crippen LogP contribution in [0, 0.1) is 5.82 Å². The van der Waals surface area contributed by atoms with Crippen LogP contribution in [0.4, 0.5) is 4.39 Å². The van der Waals surface area contributed by atoms with Crippen molar-refractivity contribution in [2.75, 3.05) is 0 Å². The first-order chi connectivity index (χ1) is 14.5. The first kappa shape index (κ1) is 22.2. The van der Waals surface area contributed by atoms with Crippen molar-refractivity contribution < 1.29 is 19.1 Å². The predicted molar refractivity (Wildman–Crippen MR) is 113 cm³/mol. The Balaban J connectivity index is 2.36. The van der Waals surface area contributed by atoms with Crippen molar-refractivity contribution in [3.63, 3.8) is 0 Å². The minimum absolute atomic E-state index is 0.0109. The van der Waals surface area contributed by atoms with Crippen LogP contribution in [-0.2, 0) is 15.0 Å². The molecule has 2 amide bonds. The Hall–Kier alpha value is -3.49. The van der Waals surface area contributed by atoms with Crippen molar-refractivity contribution >= 4 is 23.4 Å². The average molecular weight is 444 g/mol. The normalized spacial score (nSPS) is 15.0. The monoisotopic (exact) mass is 443 g/mol. The van der Waals surface area contributed by atoms with Crippen LogP contribution in [0.1, 0.15) is 18.1 Å². The van der Waals surface area contributed by atoms with Crippen molar-refractivity contribution in [3.05, 3.63) is 99.2 Å². The first-order valence-electron chi connectivity index (χ1n) is 9.09. The molecule has 3 aromatic rings. The van der Waals surface area contributed by atoms with Crippen molar-refractivity contribution in [1.82, 2.24) is 4.57 Å². The molecule has 0 bridgehead atoms. The second-order valence-corrected chi connectivity index (χ2v) is 7.57. The number of nitrogens with two attached hydrogens (primary N) is 2. The van der Waals surface area contributed by atoms with Gasteiger partial charge in [0.2, 0.25) is 5.91 Å². The number of carbonyl (C=O) groups is 2. The summed E-state index contributed by atoms with van der Waals surface area (Å²) in [4.78, 5) is 37.1. The number of benzene rings is 2. The fraction of sp³-hybridized carbons (Fsp3) is 0.136. The number of carbonyl (C=O) groups excluding carboxylic acids is 2. The summed E-state index contributed by atoms with van der Waals surface area (Å²) in [5, 5.41) is 11.4. The van der Waals surface area contributed by atoms with Crippen molar-refractivity contribution in [3.8, 4) is 5.69 Å². The van der Waals surface area contributed by atoms with E-state index in [9.17, 15) is 19.5 Å². The van der Waals surface area contributed by atoms with Gasteiger partial charge in [0.15, 0.2) is 5.60 Å². The quantitative estimate of drug-likeness (QED) is 0.534. The fourth-order valence-electron chi connectivity index (χ4n) is 3.70. The van der Waals surface area contributed by atoms with Gasteiger partial charge in [0.25, 0.3) is 11.5 Å². The highest BCUT2D eigenvalue weighted by atomic mass is 35.5. The summed E-state index contributed by atoms with van der Waals surface area (Å²) in [6.45, 7) is 0.990. The van der Waals surface area contributed by atoms with E-state index in [1.807, 2.05) is 0 Å². The van der Waals surface area contributed by atoms with Gasteiger partial charge in [-0.2, -0.15) is 0 Å². The molecule has 0 spiro atoms. The number of rotatable bonds is 6. The molecule has 2 aromatic carbocycles. The number of primary amides is 2. The van der Waals surface area contributed by atoms with Gasteiger partial charge in [0.05, 0.1) is 5.69 Å². The Morgan fingerprint density at radius 1 is 1.03 bits per heavy atom. The summed E-state index contributed by atoms with van der Waals surface area (Å²) < 4.78 is 16.7. The van der Waals surface area contributed by atoms with Crippen LogP contribution in [0.2, 0.25) is 5.02 Å². The van der Waals surface area contributed by atoms with Gasteiger partial charge >= 0.3 is 0 Å². The van der Waals surface area contributed by atoms with E-state index in [-0.39, 0.29) is 16.8 Å². The van der Waals surface area contributed by atoms with Gasteiger partial charge in [-0.15, -0.1) is 0 Å². The molecule has 0 aliphatic carbocycles. The number of amides is 2. The van der Waals surface area contributed by atoms with E-state index in [0.29, 0.717) is 5.02 Å². The van der Waals surface area contributed by atoms with Gasteiger partial charge in [-0.05, 0) is 42.8 Å². The molecule has 1 aromatic heterocycles. The number of pyridine rings is 1. The summed E-state index contributed by atoms with van der Waals surface area (Å²) in [7, 11) is 0. The van der Waals surface area contributed by atoms with Crippen LogP contribution >= 0.6 is 11.6 Å². The molecule has 0 saturated heterocycles. The van der Waals surface area contributed by atoms with Gasteiger partial charge in [-0.1, -0.05) is 35.9 Å². The number of hydrogen-bond acceptors (Lipinski definition) is 4. The largest absolute Gasteiger partial charge is 0.378 e. The smallest absolute Gasteiger partial charge is 0.255 e. The van der Waals surface area contributed by atoms with Crippen molar-refractivity contribution in [2.45, 2.75) is 17.9 Å². The third kappa shape index (κ3) is 3.49. The molecule has 0 fully saturated rings. The molecule has 31 heavy (non-hydrogen) atoms. The van der Waals surface area contributed by atoms with Crippen LogP contribution in [0.5, 0.6) is 0 Å². The molecule has 0 aliphatic heterocycles. The van der Waals surface area contributed by atoms with Gasteiger partial charge in [-0.25, -0.2) is 4.39 Å². The predicted octanol–water partition coefficient (Wildman–Crippen LogP) is 1.64. The minimum atomic E-state index is -2.61. The standard InChI is InChI=1S/C22H19ClFN3O4/c1-21(31,19(25)29)22(20(26)30,13-5-7-14(23)8-6-13)16-10-9-15(12-17(16)24)27-11-3-2-4-18(27)28/h2-12,31H,1H3,(H2,25,29)(H2,26,30)/t21-,22?/m0/s1. The lowest BCUT2D eigenvalue weighted by Crippen LogP contribution is -2.64. The summed E-state index contributed by atoms with van der Waals surface area (Å²) in [5.74, 6) is -3.48. The third-order valence-corrected chi connectivity index (χ3v) is 5.57. The summed E-state index contributed by atoms with van der Waals surface area (Å²) in [5.41, 5.74) is 5.47. The molecular formula is C22H19ClFN3O4. The molecule has 0 saturated carbocycles. The molecule has 0 aliphatic rings. The van der Waals surface area contributed by atoms with Crippen LogP contribution in [0.15, 0.2) is 71.7 Å². The molecule has 9 heteroatoms. The van der Waals surface area contributed by atoms with Crippen LogP contribution in [-0.4, -0.2) is 27.1 Å². The van der Waals surface area contributed by atoms with Gasteiger partial charge < -0.3 is 16.6 Å². The molecule has 0 radical (unpaired) electrons. The lowest BCUT2D eigenvalue weighted by atomic mass is 9.62. The number of aromatic nitrogens is 1. The summed E-state index contributed by atoms with van der Waals surface area (Å²) in [6, 6.07) is 13.5. The SMILES string of the molecule is C[C@](O)(C(N)=O)C(C(N)=O)(c1ccc(Cl)cc1)c1ccc(-n2ccccc2=O)cc1F. The van der Waals surface area contributed by atoms with E-state index in [2.05, 4.69) is 0 Å².